The molecule has 0 bridgehead atoms. The number of ether oxygens (including phenoxy) is 1. The monoisotopic (exact) mass is 376 g/mol. The van der Waals surface area contributed by atoms with E-state index in [1.165, 1.54) is 4.90 Å². The molecule has 1 atom stereocenters. The van der Waals surface area contributed by atoms with Crippen molar-refractivity contribution in [3.05, 3.63) is 41.1 Å². The minimum atomic E-state index is -0.450. The van der Waals surface area contributed by atoms with Crippen molar-refractivity contribution in [1.29, 1.82) is 0 Å². The molecule has 1 heterocycles. The van der Waals surface area contributed by atoms with Gasteiger partial charge in [0.25, 0.3) is 0 Å². The Morgan fingerprint density at radius 2 is 2.08 bits per heavy atom. The zero-order valence-electron chi connectivity index (χ0n) is 15.6. The van der Waals surface area contributed by atoms with Crippen LogP contribution in [0.2, 0.25) is 0 Å². The molecule has 7 nitrogen and oxygen atoms in total. The van der Waals surface area contributed by atoms with Crippen molar-refractivity contribution in [2.75, 3.05) is 33.1 Å². The lowest BCUT2D eigenvalue weighted by molar-refractivity contribution is -0.139. The van der Waals surface area contributed by atoms with Gasteiger partial charge in [-0.15, -0.1) is 0 Å². The number of rotatable bonds is 4. The zero-order chi connectivity index (χ0) is 19.4. The molecular weight excluding hydrogens is 352 g/mol. The summed E-state index contributed by atoms with van der Waals surface area (Å²) in [6, 6.07) is 6.63. The molecular formula is C18H24N4O3S. The van der Waals surface area contributed by atoms with Crippen LogP contribution in [0.3, 0.4) is 0 Å². The van der Waals surface area contributed by atoms with Gasteiger partial charge in [0.05, 0.1) is 18.2 Å². The zero-order valence-corrected chi connectivity index (χ0v) is 16.4. The lowest BCUT2D eigenvalue weighted by Gasteiger charge is -2.35. The minimum Gasteiger partial charge on any atom is -0.463 e. The number of anilines is 1. The van der Waals surface area contributed by atoms with E-state index in [1.54, 1.807) is 39.0 Å². The summed E-state index contributed by atoms with van der Waals surface area (Å²) in [6.45, 7) is 3.89. The Morgan fingerprint density at radius 1 is 1.38 bits per heavy atom. The molecule has 0 spiro atoms. The van der Waals surface area contributed by atoms with E-state index in [0.29, 0.717) is 16.4 Å². The van der Waals surface area contributed by atoms with Crippen molar-refractivity contribution < 1.29 is 14.3 Å². The lowest BCUT2D eigenvalue weighted by Crippen LogP contribution is -2.46. The normalized spacial score (nSPS) is 16.9. The van der Waals surface area contributed by atoms with Crippen LogP contribution in [0.25, 0.3) is 0 Å². The molecule has 1 aromatic rings. The highest BCUT2D eigenvalue weighted by molar-refractivity contribution is 7.80. The number of hydrogen-bond donors (Lipinski definition) is 2. The Kier molecular flexibility index (Phi) is 6.20. The second kappa shape index (κ2) is 8.18. The number of thiocarbonyl (C=S) groups is 1. The van der Waals surface area contributed by atoms with Crippen LogP contribution < -0.4 is 10.6 Å². The molecule has 0 radical (unpaired) electrons. The maximum atomic E-state index is 12.5. The molecule has 140 valence electrons. The Bertz CT molecular complexity index is 761. The van der Waals surface area contributed by atoms with E-state index in [9.17, 15) is 9.59 Å². The first-order valence-corrected chi connectivity index (χ1v) is 8.67. The third-order valence-electron chi connectivity index (χ3n) is 4.13. The standard InChI is InChI=1S/C18H24N4O3S/c1-6-25-16(23)14-11(2)22(5)18(26)20-15(14)12-8-7-9-13(10-12)19-17(24)21(3)4/h7-10,15H,6H2,1-5H3,(H,19,24)(H,20,26). The van der Waals surface area contributed by atoms with Gasteiger partial charge < -0.3 is 25.2 Å². The maximum Gasteiger partial charge on any atom is 0.338 e. The smallest absolute Gasteiger partial charge is 0.338 e. The number of hydrogen-bond acceptors (Lipinski definition) is 4. The van der Waals surface area contributed by atoms with E-state index in [2.05, 4.69) is 10.6 Å². The molecule has 0 aliphatic carbocycles. The average Bonchev–Trinajstić information content (AvgIpc) is 2.59. The lowest BCUT2D eigenvalue weighted by atomic mass is 9.95. The Morgan fingerprint density at radius 3 is 2.69 bits per heavy atom. The number of amides is 2. The Hall–Kier alpha value is -2.61. The Labute approximate surface area is 159 Å². The highest BCUT2D eigenvalue weighted by Gasteiger charge is 2.33. The summed E-state index contributed by atoms with van der Waals surface area (Å²) in [5.74, 6) is -0.389. The summed E-state index contributed by atoms with van der Waals surface area (Å²) < 4.78 is 5.23. The van der Waals surface area contributed by atoms with Crippen LogP contribution in [0.5, 0.6) is 0 Å². The van der Waals surface area contributed by atoms with Crippen molar-refractivity contribution >= 4 is 35.0 Å². The second-order valence-corrected chi connectivity index (χ2v) is 6.50. The fraction of sp³-hybridized carbons (Fsp3) is 0.389. The van der Waals surface area contributed by atoms with E-state index in [0.717, 1.165) is 11.3 Å². The molecule has 2 amide bonds. The molecule has 0 fully saturated rings. The predicted octanol–water partition coefficient (Wildman–Crippen LogP) is 2.48. The minimum absolute atomic E-state index is 0.230. The molecule has 0 aromatic heterocycles. The highest BCUT2D eigenvalue weighted by atomic mass is 32.1. The fourth-order valence-electron chi connectivity index (χ4n) is 2.59. The van der Waals surface area contributed by atoms with Crippen molar-refractivity contribution in [2.45, 2.75) is 19.9 Å². The predicted molar refractivity (Wildman–Crippen MR) is 105 cm³/mol. The van der Waals surface area contributed by atoms with E-state index in [1.807, 2.05) is 25.1 Å². The molecule has 8 heteroatoms. The van der Waals surface area contributed by atoms with Gasteiger partial charge in [0, 0.05) is 32.5 Å². The molecule has 2 N–H and O–H groups in total. The van der Waals surface area contributed by atoms with Crippen molar-refractivity contribution in [3.63, 3.8) is 0 Å². The fourth-order valence-corrected chi connectivity index (χ4v) is 2.84. The number of urea groups is 1. The van der Waals surface area contributed by atoms with Crippen molar-refractivity contribution in [2.24, 2.45) is 0 Å². The van der Waals surface area contributed by atoms with E-state index in [-0.39, 0.29) is 18.6 Å². The molecule has 0 saturated carbocycles. The van der Waals surface area contributed by atoms with Crippen LogP contribution in [-0.2, 0) is 9.53 Å². The summed E-state index contributed by atoms with van der Waals surface area (Å²) in [4.78, 5) is 27.6. The molecule has 2 rings (SSSR count). The summed E-state index contributed by atoms with van der Waals surface area (Å²) in [7, 11) is 5.13. The van der Waals surface area contributed by atoms with Crippen LogP contribution in [0, 0.1) is 0 Å². The van der Waals surface area contributed by atoms with Gasteiger partial charge in [-0.25, -0.2) is 9.59 Å². The van der Waals surface area contributed by atoms with E-state index < -0.39 is 6.04 Å². The van der Waals surface area contributed by atoms with Gasteiger partial charge in [-0.1, -0.05) is 12.1 Å². The van der Waals surface area contributed by atoms with Crippen molar-refractivity contribution in [3.8, 4) is 0 Å². The molecule has 1 unspecified atom stereocenters. The van der Waals surface area contributed by atoms with Crippen molar-refractivity contribution in [1.82, 2.24) is 15.1 Å². The van der Waals surface area contributed by atoms with Gasteiger partial charge in [-0.3, -0.25) is 0 Å². The largest absolute Gasteiger partial charge is 0.463 e. The third kappa shape index (κ3) is 4.13. The molecule has 1 aromatic carbocycles. The number of benzene rings is 1. The van der Waals surface area contributed by atoms with E-state index >= 15 is 0 Å². The quantitative estimate of drug-likeness (QED) is 0.621. The topological polar surface area (TPSA) is 73.9 Å². The first-order chi connectivity index (χ1) is 12.3. The molecule has 0 saturated heterocycles. The number of carbonyl (C=O) groups excluding carboxylic acids is 2. The number of carbonyl (C=O) groups is 2. The Balaban J connectivity index is 2.42. The third-order valence-corrected chi connectivity index (χ3v) is 4.52. The maximum absolute atomic E-state index is 12.5. The highest BCUT2D eigenvalue weighted by Crippen LogP contribution is 2.31. The van der Waals surface area contributed by atoms with Crippen LogP contribution in [-0.4, -0.2) is 54.7 Å². The molecule has 26 heavy (non-hydrogen) atoms. The number of nitrogens with zero attached hydrogens (tertiary/aromatic N) is 2. The van der Waals surface area contributed by atoms with Gasteiger partial charge in [-0.2, -0.15) is 0 Å². The molecule has 1 aliphatic rings. The summed E-state index contributed by atoms with van der Waals surface area (Å²) in [5.41, 5.74) is 2.67. The second-order valence-electron chi connectivity index (χ2n) is 6.11. The number of nitrogens with one attached hydrogen (secondary N) is 2. The van der Waals surface area contributed by atoms with Crippen LogP contribution in [0.4, 0.5) is 10.5 Å². The van der Waals surface area contributed by atoms with Gasteiger partial charge in [0.15, 0.2) is 5.11 Å². The number of allylic oxidation sites excluding steroid dienone is 1. The van der Waals surface area contributed by atoms with E-state index in [4.69, 9.17) is 17.0 Å². The first kappa shape index (κ1) is 19.7. The molecule has 1 aliphatic heterocycles. The van der Waals surface area contributed by atoms with Gasteiger partial charge >= 0.3 is 12.0 Å². The summed E-state index contributed by atoms with van der Waals surface area (Å²) >= 11 is 5.38. The van der Waals surface area contributed by atoms with Crippen LogP contribution >= 0.6 is 12.2 Å². The summed E-state index contributed by atoms with van der Waals surface area (Å²) in [6.07, 6.45) is 0. The van der Waals surface area contributed by atoms with Gasteiger partial charge in [-0.05, 0) is 43.8 Å². The summed E-state index contributed by atoms with van der Waals surface area (Å²) in [5, 5.41) is 6.50. The van der Waals surface area contributed by atoms with Gasteiger partial charge in [0.2, 0.25) is 0 Å². The SMILES string of the molecule is CCOC(=O)C1=C(C)N(C)C(=S)NC1c1cccc(NC(=O)N(C)C)c1. The first-order valence-electron chi connectivity index (χ1n) is 8.26. The van der Waals surface area contributed by atoms with Crippen LogP contribution in [0.15, 0.2) is 35.5 Å². The van der Waals surface area contributed by atoms with Crippen LogP contribution in [0.1, 0.15) is 25.5 Å². The van der Waals surface area contributed by atoms with Gasteiger partial charge in [0.1, 0.15) is 0 Å². The average molecular weight is 376 g/mol. The number of esters is 1.